The highest BCUT2D eigenvalue weighted by Crippen LogP contribution is 2.24. The molecule has 3 rings (SSSR count). The van der Waals surface area contributed by atoms with Gasteiger partial charge in [0.2, 0.25) is 0 Å². The van der Waals surface area contributed by atoms with Crippen molar-refractivity contribution in [3.05, 3.63) is 52.9 Å². The normalized spacial score (nSPS) is 11.0. The van der Waals surface area contributed by atoms with Gasteiger partial charge in [-0.1, -0.05) is 15.9 Å². The summed E-state index contributed by atoms with van der Waals surface area (Å²) in [5.41, 5.74) is 1.38. The summed E-state index contributed by atoms with van der Waals surface area (Å²) in [4.78, 5) is 0. The van der Waals surface area contributed by atoms with E-state index in [2.05, 4.69) is 21.0 Å². The monoisotopic (exact) mass is 306 g/mol. The van der Waals surface area contributed by atoms with Gasteiger partial charge in [-0.05, 0) is 30.3 Å². The molecule has 2 aromatic carbocycles. The Hall–Kier alpha value is -1.88. The van der Waals surface area contributed by atoms with E-state index >= 15 is 0 Å². The third kappa shape index (κ3) is 1.86. The predicted molar refractivity (Wildman–Crippen MR) is 70.4 cm³/mol. The molecule has 0 atom stereocenters. The average Bonchev–Trinajstić information content (AvgIpc) is 2.73. The SMILES string of the molecule is Oc1cc2cn(-c3ccc(Br)cc3)nc2cc1F. The minimum atomic E-state index is -0.663. The van der Waals surface area contributed by atoms with Crippen LogP contribution in [0.5, 0.6) is 5.75 Å². The fourth-order valence-corrected chi connectivity index (χ4v) is 2.02. The molecule has 0 aliphatic rings. The van der Waals surface area contributed by atoms with Crippen LogP contribution >= 0.6 is 15.9 Å². The van der Waals surface area contributed by atoms with Gasteiger partial charge in [0, 0.05) is 22.1 Å². The zero-order chi connectivity index (χ0) is 12.7. The molecular weight excluding hydrogens is 299 g/mol. The van der Waals surface area contributed by atoms with E-state index < -0.39 is 5.82 Å². The van der Waals surface area contributed by atoms with Crippen molar-refractivity contribution in [1.82, 2.24) is 9.78 Å². The first-order valence-corrected chi connectivity index (χ1v) is 6.06. The molecule has 0 amide bonds. The molecule has 3 nitrogen and oxygen atoms in total. The Morgan fingerprint density at radius 3 is 2.61 bits per heavy atom. The Balaban J connectivity index is 2.16. The highest BCUT2D eigenvalue weighted by atomic mass is 79.9. The number of aromatic hydroxyl groups is 1. The molecule has 0 unspecified atom stereocenters. The summed E-state index contributed by atoms with van der Waals surface area (Å²) in [6, 6.07) is 10.2. The van der Waals surface area contributed by atoms with Gasteiger partial charge in [0.15, 0.2) is 11.6 Å². The minimum absolute atomic E-state index is 0.363. The Labute approximate surface area is 111 Å². The molecule has 5 heteroatoms. The van der Waals surface area contributed by atoms with Gasteiger partial charge in [-0.15, -0.1) is 0 Å². The van der Waals surface area contributed by atoms with Gasteiger partial charge in [-0.3, -0.25) is 0 Å². The molecule has 0 spiro atoms. The first-order valence-electron chi connectivity index (χ1n) is 5.27. The zero-order valence-corrected chi connectivity index (χ0v) is 10.7. The van der Waals surface area contributed by atoms with Crippen molar-refractivity contribution >= 4 is 26.8 Å². The molecule has 1 heterocycles. The third-order valence-electron chi connectivity index (χ3n) is 2.66. The topological polar surface area (TPSA) is 38.0 Å². The second-order valence-corrected chi connectivity index (χ2v) is 4.83. The summed E-state index contributed by atoms with van der Waals surface area (Å²) in [5.74, 6) is -1.03. The highest BCUT2D eigenvalue weighted by Gasteiger charge is 2.07. The van der Waals surface area contributed by atoms with Gasteiger partial charge < -0.3 is 5.11 Å². The molecule has 0 saturated heterocycles. The van der Waals surface area contributed by atoms with Gasteiger partial charge in [0.25, 0.3) is 0 Å². The second kappa shape index (κ2) is 4.10. The molecule has 0 bridgehead atoms. The third-order valence-corrected chi connectivity index (χ3v) is 3.19. The van der Waals surface area contributed by atoms with E-state index in [1.54, 1.807) is 10.9 Å². The maximum atomic E-state index is 13.2. The maximum absolute atomic E-state index is 13.2. The first-order chi connectivity index (χ1) is 8.63. The van der Waals surface area contributed by atoms with Crippen molar-refractivity contribution in [2.24, 2.45) is 0 Å². The van der Waals surface area contributed by atoms with Crippen LogP contribution < -0.4 is 0 Å². The van der Waals surface area contributed by atoms with Crippen LogP contribution in [0.4, 0.5) is 4.39 Å². The summed E-state index contributed by atoms with van der Waals surface area (Å²) in [5, 5.41) is 14.3. The molecule has 3 aromatic rings. The van der Waals surface area contributed by atoms with Crippen LogP contribution in [0, 0.1) is 5.82 Å². The number of nitrogens with zero attached hydrogens (tertiary/aromatic N) is 2. The summed E-state index contributed by atoms with van der Waals surface area (Å²) in [6.45, 7) is 0. The molecule has 90 valence electrons. The van der Waals surface area contributed by atoms with Gasteiger partial charge in [-0.25, -0.2) is 9.07 Å². The smallest absolute Gasteiger partial charge is 0.167 e. The van der Waals surface area contributed by atoms with Crippen molar-refractivity contribution in [3.8, 4) is 11.4 Å². The van der Waals surface area contributed by atoms with E-state index in [1.165, 1.54) is 12.1 Å². The van der Waals surface area contributed by atoms with Crippen molar-refractivity contribution < 1.29 is 9.50 Å². The second-order valence-electron chi connectivity index (χ2n) is 3.91. The summed E-state index contributed by atoms with van der Waals surface area (Å²) in [6.07, 6.45) is 1.75. The van der Waals surface area contributed by atoms with Crippen LogP contribution in [-0.2, 0) is 0 Å². The number of hydrogen-bond acceptors (Lipinski definition) is 2. The summed E-state index contributed by atoms with van der Waals surface area (Å²) < 4.78 is 15.8. The lowest BCUT2D eigenvalue weighted by Gasteiger charge is -1.99. The largest absolute Gasteiger partial charge is 0.505 e. The number of halogens is 2. The number of hydrogen-bond donors (Lipinski definition) is 1. The van der Waals surface area contributed by atoms with E-state index in [-0.39, 0.29) is 5.75 Å². The van der Waals surface area contributed by atoms with Gasteiger partial charge >= 0.3 is 0 Å². The highest BCUT2D eigenvalue weighted by molar-refractivity contribution is 9.10. The number of benzene rings is 2. The summed E-state index contributed by atoms with van der Waals surface area (Å²) in [7, 11) is 0. The molecule has 1 aromatic heterocycles. The van der Waals surface area contributed by atoms with Crippen molar-refractivity contribution in [3.63, 3.8) is 0 Å². The Bertz CT molecular complexity index is 683. The first kappa shape index (κ1) is 11.2. The quantitative estimate of drug-likeness (QED) is 0.745. The van der Waals surface area contributed by atoms with Crippen molar-refractivity contribution in [2.75, 3.05) is 0 Å². The Kier molecular flexibility index (Phi) is 2.56. The van der Waals surface area contributed by atoms with Gasteiger partial charge in [0.05, 0.1) is 11.2 Å². The van der Waals surface area contributed by atoms with Crippen molar-refractivity contribution in [2.45, 2.75) is 0 Å². The number of aromatic nitrogens is 2. The molecule has 0 fully saturated rings. The standard InChI is InChI=1S/C13H8BrFN2O/c14-9-1-3-10(4-2-9)17-7-8-5-13(18)11(15)6-12(8)16-17/h1-7,18H. The van der Waals surface area contributed by atoms with Crippen molar-refractivity contribution in [1.29, 1.82) is 0 Å². The maximum Gasteiger partial charge on any atom is 0.167 e. The van der Waals surface area contributed by atoms with Gasteiger partial charge in [-0.2, -0.15) is 5.10 Å². The molecular formula is C13H8BrFN2O. The zero-order valence-electron chi connectivity index (χ0n) is 9.14. The molecule has 18 heavy (non-hydrogen) atoms. The van der Waals surface area contributed by atoms with Crippen LogP contribution in [0.2, 0.25) is 0 Å². The van der Waals surface area contributed by atoms with E-state index in [4.69, 9.17) is 0 Å². The number of phenolic OH excluding ortho intramolecular Hbond substituents is 1. The van der Waals surface area contributed by atoms with E-state index in [0.29, 0.717) is 10.9 Å². The van der Waals surface area contributed by atoms with Crippen LogP contribution in [-0.4, -0.2) is 14.9 Å². The lowest BCUT2D eigenvalue weighted by atomic mass is 10.2. The summed E-state index contributed by atoms with van der Waals surface area (Å²) >= 11 is 3.36. The fraction of sp³-hybridized carbons (Fsp3) is 0. The number of fused-ring (bicyclic) bond motifs is 1. The average molecular weight is 307 g/mol. The van der Waals surface area contributed by atoms with Crippen LogP contribution in [0.3, 0.4) is 0 Å². The van der Waals surface area contributed by atoms with E-state index in [0.717, 1.165) is 10.2 Å². The molecule has 0 radical (unpaired) electrons. The van der Waals surface area contributed by atoms with E-state index in [9.17, 15) is 9.50 Å². The molecule has 0 saturated carbocycles. The van der Waals surface area contributed by atoms with Gasteiger partial charge in [0.1, 0.15) is 0 Å². The fourth-order valence-electron chi connectivity index (χ4n) is 1.76. The molecule has 0 aliphatic heterocycles. The van der Waals surface area contributed by atoms with E-state index in [1.807, 2.05) is 24.3 Å². The number of rotatable bonds is 1. The molecule has 0 aliphatic carbocycles. The van der Waals surface area contributed by atoms with Crippen LogP contribution in [0.25, 0.3) is 16.6 Å². The molecule has 1 N–H and O–H groups in total. The van der Waals surface area contributed by atoms with Crippen LogP contribution in [0.1, 0.15) is 0 Å². The van der Waals surface area contributed by atoms with Crippen LogP contribution in [0.15, 0.2) is 47.1 Å². The number of phenols is 1. The minimum Gasteiger partial charge on any atom is -0.505 e. The Morgan fingerprint density at radius 1 is 1.17 bits per heavy atom. The lowest BCUT2D eigenvalue weighted by molar-refractivity contribution is 0.433. The Morgan fingerprint density at radius 2 is 1.89 bits per heavy atom. The predicted octanol–water partition coefficient (Wildman–Crippen LogP) is 3.63. The lowest BCUT2D eigenvalue weighted by Crippen LogP contribution is -1.93.